The Hall–Kier alpha value is -3.91. The molecule has 3 atom stereocenters. The number of hydrogen-bond acceptors (Lipinski definition) is 5. The molecule has 0 N–H and O–H groups in total. The van der Waals surface area contributed by atoms with Crippen molar-refractivity contribution in [3.63, 3.8) is 0 Å². The second-order valence-electron chi connectivity index (χ2n) is 8.28. The van der Waals surface area contributed by atoms with Crippen LogP contribution in [-0.4, -0.2) is 12.6 Å². The molecule has 3 aromatic carbocycles. The Labute approximate surface area is 184 Å². The zero-order valence-corrected chi connectivity index (χ0v) is 17.8. The molecule has 1 fully saturated rings. The van der Waals surface area contributed by atoms with Crippen LogP contribution in [0.4, 0.5) is 0 Å². The lowest BCUT2D eigenvalue weighted by atomic mass is 9.97. The van der Waals surface area contributed by atoms with Gasteiger partial charge in [0.1, 0.15) is 5.58 Å². The van der Waals surface area contributed by atoms with Crippen LogP contribution in [0.2, 0.25) is 0 Å². The van der Waals surface area contributed by atoms with E-state index in [1.807, 2.05) is 61.5 Å². The highest BCUT2D eigenvalue weighted by atomic mass is 16.5. The molecule has 5 nitrogen and oxygen atoms in total. The molecule has 1 saturated carbocycles. The molecule has 0 amide bonds. The van der Waals surface area contributed by atoms with Crippen molar-refractivity contribution in [1.29, 1.82) is 5.26 Å². The van der Waals surface area contributed by atoms with E-state index in [-0.39, 0.29) is 6.61 Å². The minimum absolute atomic E-state index is 0.177. The summed E-state index contributed by atoms with van der Waals surface area (Å²) in [5.74, 6) is -1.50. The summed E-state index contributed by atoms with van der Waals surface area (Å²) in [7, 11) is 0. The lowest BCUT2D eigenvalue weighted by molar-refractivity contribution is -0.147. The first-order valence-electron chi connectivity index (χ1n) is 10.6. The molecular formula is C27H21NO4. The third-order valence-electron chi connectivity index (χ3n) is 6.40. The number of nitrogens with zero attached hydrogens (tertiary/aromatic N) is 1. The highest BCUT2D eigenvalue weighted by molar-refractivity contribution is 5.93. The highest BCUT2D eigenvalue weighted by Crippen LogP contribution is 2.71. The van der Waals surface area contributed by atoms with Gasteiger partial charge in [-0.1, -0.05) is 54.1 Å². The molecule has 0 saturated heterocycles. The smallest absolute Gasteiger partial charge is 0.336 e. The van der Waals surface area contributed by atoms with Gasteiger partial charge in [0.05, 0.1) is 12.7 Å². The predicted molar refractivity (Wildman–Crippen MR) is 121 cm³/mol. The van der Waals surface area contributed by atoms with Gasteiger partial charge in [0.25, 0.3) is 0 Å². The van der Waals surface area contributed by atoms with Gasteiger partial charge >= 0.3 is 11.6 Å². The number of hydrogen-bond donors (Lipinski definition) is 0. The van der Waals surface area contributed by atoms with E-state index >= 15 is 0 Å². The molecule has 5 rings (SSSR count). The average Bonchev–Trinajstić information content (AvgIpc) is 3.49. The summed E-state index contributed by atoms with van der Waals surface area (Å²) >= 11 is 0. The summed E-state index contributed by atoms with van der Waals surface area (Å²) in [6.07, 6.45) is 0. The van der Waals surface area contributed by atoms with Crippen molar-refractivity contribution in [2.24, 2.45) is 5.41 Å². The summed E-state index contributed by atoms with van der Waals surface area (Å²) in [5, 5.41) is 13.1. The summed E-state index contributed by atoms with van der Waals surface area (Å²) in [5.41, 5.74) is 1.05. The number of carbonyl (C=O) groups is 1. The molecule has 32 heavy (non-hydrogen) atoms. The zero-order valence-electron chi connectivity index (χ0n) is 17.8. The SMILES string of the molecule is CCOC(=O)C1(C#N)C(c2ccc3ccccc3c2)C1c1cc(=O)oc2ccc(C)cc12. The minimum Gasteiger partial charge on any atom is -0.465 e. The van der Waals surface area contributed by atoms with E-state index in [4.69, 9.17) is 9.15 Å². The van der Waals surface area contributed by atoms with E-state index in [0.29, 0.717) is 11.1 Å². The van der Waals surface area contributed by atoms with Crippen molar-refractivity contribution >= 4 is 27.7 Å². The molecule has 0 radical (unpaired) electrons. The Morgan fingerprint density at radius 2 is 1.84 bits per heavy atom. The molecule has 0 bridgehead atoms. The van der Waals surface area contributed by atoms with Gasteiger partial charge in [-0.15, -0.1) is 0 Å². The van der Waals surface area contributed by atoms with Gasteiger partial charge < -0.3 is 9.15 Å². The quantitative estimate of drug-likeness (QED) is 0.333. The number of benzene rings is 3. The number of nitriles is 1. The normalized spacial score (nSPS) is 21.9. The predicted octanol–water partition coefficient (Wildman–Crippen LogP) is 5.21. The van der Waals surface area contributed by atoms with Gasteiger partial charge in [-0.3, -0.25) is 4.79 Å². The lowest BCUT2D eigenvalue weighted by Gasteiger charge is -2.10. The van der Waals surface area contributed by atoms with Crippen LogP contribution >= 0.6 is 0 Å². The first-order valence-corrected chi connectivity index (χ1v) is 10.6. The first-order chi connectivity index (χ1) is 15.5. The van der Waals surface area contributed by atoms with Crippen LogP contribution in [0.3, 0.4) is 0 Å². The Bertz CT molecular complexity index is 1480. The average molecular weight is 423 g/mol. The Morgan fingerprint density at radius 3 is 2.59 bits per heavy atom. The summed E-state index contributed by atoms with van der Waals surface area (Å²) in [6, 6.07) is 23.2. The molecule has 5 heteroatoms. The largest absolute Gasteiger partial charge is 0.465 e. The molecule has 0 spiro atoms. The van der Waals surface area contributed by atoms with Gasteiger partial charge in [0.2, 0.25) is 0 Å². The minimum atomic E-state index is -1.40. The fourth-order valence-electron chi connectivity index (χ4n) is 4.92. The number of rotatable bonds is 4. The number of ether oxygens (including phenoxy) is 1. The van der Waals surface area contributed by atoms with Gasteiger partial charge in [-0.05, 0) is 47.9 Å². The third-order valence-corrected chi connectivity index (χ3v) is 6.40. The van der Waals surface area contributed by atoms with E-state index in [2.05, 4.69) is 6.07 Å². The second kappa shape index (κ2) is 7.35. The van der Waals surface area contributed by atoms with Crippen LogP contribution in [0.25, 0.3) is 21.7 Å². The molecule has 1 aliphatic carbocycles. The topological polar surface area (TPSA) is 80.3 Å². The standard InChI is InChI=1S/C27H21NO4/c1-3-31-26(30)27(15-28)24(19-10-9-17-6-4-5-7-18(17)13-19)25(27)21-14-23(29)32-22-11-8-16(2)12-20(21)22/h4-14,24-25H,3H2,1-2H3. The van der Waals surface area contributed by atoms with E-state index in [1.54, 1.807) is 13.0 Å². The zero-order chi connectivity index (χ0) is 22.5. The van der Waals surface area contributed by atoms with Crippen molar-refractivity contribution in [2.45, 2.75) is 25.7 Å². The molecule has 0 aliphatic heterocycles. The summed E-state index contributed by atoms with van der Waals surface area (Å²) in [6.45, 7) is 3.85. The van der Waals surface area contributed by atoms with Gasteiger partial charge in [-0.25, -0.2) is 4.79 Å². The van der Waals surface area contributed by atoms with Crippen molar-refractivity contribution in [1.82, 2.24) is 0 Å². The van der Waals surface area contributed by atoms with Crippen molar-refractivity contribution in [3.05, 3.63) is 93.8 Å². The molecule has 1 heterocycles. The fraction of sp³-hybridized carbons (Fsp3) is 0.222. The summed E-state index contributed by atoms with van der Waals surface area (Å²) < 4.78 is 10.7. The lowest BCUT2D eigenvalue weighted by Crippen LogP contribution is -2.21. The fourth-order valence-corrected chi connectivity index (χ4v) is 4.92. The number of esters is 1. The molecule has 3 unspecified atom stereocenters. The highest BCUT2D eigenvalue weighted by Gasteiger charge is 2.73. The van der Waals surface area contributed by atoms with Crippen molar-refractivity contribution in [3.8, 4) is 6.07 Å². The van der Waals surface area contributed by atoms with E-state index in [0.717, 1.165) is 27.3 Å². The first kappa shape index (κ1) is 20.0. The van der Waals surface area contributed by atoms with Crippen LogP contribution < -0.4 is 5.63 Å². The van der Waals surface area contributed by atoms with Crippen LogP contribution in [0.5, 0.6) is 0 Å². The molecule has 158 valence electrons. The molecule has 1 aromatic heterocycles. The number of carbonyl (C=O) groups excluding carboxylic acids is 1. The van der Waals surface area contributed by atoms with E-state index < -0.39 is 28.8 Å². The maximum atomic E-state index is 13.1. The maximum absolute atomic E-state index is 13.1. The van der Waals surface area contributed by atoms with Gasteiger partial charge in [0.15, 0.2) is 5.41 Å². The maximum Gasteiger partial charge on any atom is 0.336 e. The Morgan fingerprint density at radius 1 is 1.06 bits per heavy atom. The monoisotopic (exact) mass is 423 g/mol. The van der Waals surface area contributed by atoms with Crippen LogP contribution in [0, 0.1) is 23.7 Å². The Kier molecular flexibility index (Phi) is 4.60. The Balaban J connectivity index is 1.74. The van der Waals surface area contributed by atoms with E-state index in [9.17, 15) is 14.9 Å². The van der Waals surface area contributed by atoms with Gasteiger partial charge in [0, 0.05) is 23.3 Å². The van der Waals surface area contributed by atoms with Crippen LogP contribution in [0.1, 0.15) is 35.4 Å². The van der Waals surface area contributed by atoms with Crippen LogP contribution in [0.15, 0.2) is 75.9 Å². The van der Waals surface area contributed by atoms with Gasteiger partial charge in [-0.2, -0.15) is 5.26 Å². The second-order valence-corrected chi connectivity index (χ2v) is 8.28. The van der Waals surface area contributed by atoms with Crippen LogP contribution in [-0.2, 0) is 9.53 Å². The molecule has 1 aliphatic rings. The number of fused-ring (bicyclic) bond motifs is 2. The molecule has 4 aromatic rings. The summed E-state index contributed by atoms with van der Waals surface area (Å²) in [4.78, 5) is 25.5. The molecular weight excluding hydrogens is 402 g/mol. The van der Waals surface area contributed by atoms with Crippen molar-refractivity contribution in [2.75, 3.05) is 6.61 Å². The third kappa shape index (κ3) is 2.91. The van der Waals surface area contributed by atoms with E-state index in [1.165, 1.54) is 6.07 Å². The van der Waals surface area contributed by atoms with Crippen molar-refractivity contribution < 1.29 is 13.9 Å². The number of aryl methyl sites for hydroxylation is 1.